The Bertz CT molecular complexity index is 1040. The molecule has 1 unspecified atom stereocenters. The zero-order valence-electron chi connectivity index (χ0n) is 19.7. The Morgan fingerprint density at radius 3 is 2.88 bits per heavy atom. The van der Waals surface area contributed by atoms with Crippen LogP contribution < -0.4 is 4.74 Å². The molecule has 4 rings (SSSR count). The normalized spacial score (nSPS) is 16.8. The van der Waals surface area contributed by atoms with Crippen molar-refractivity contribution in [3.05, 3.63) is 53.3 Å². The monoisotopic (exact) mass is 505 g/mol. The molecule has 0 aliphatic carbocycles. The van der Waals surface area contributed by atoms with Crippen molar-refractivity contribution in [1.82, 2.24) is 14.8 Å². The lowest BCUT2D eigenvalue weighted by atomic mass is 10.0. The number of halogens is 1. The highest BCUT2D eigenvalue weighted by molar-refractivity contribution is 8.01. The van der Waals surface area contributed by atoms with Crippen LogP contribution in [0.15, 0.2) is 46.1 Å². The van der Waals surface area contributed by atoms with Crippen molar-refractivity contribution in [2.24, 2.45) is 0 Å². The van der Waals surface area contributed by atoms with E-state index in [1.807, 2.05) is 30.0 Å². The van der Waals surface area contributed by atoms with Gasteiger partial charge < -0.3 is 14.6 Å². The molecule has 1 saturated heterocycles. The van der Waals surface area contributed by atoms with Crippen LogP contribution in [0.4, 0.5) is 4.39 Å². The molecule has 0 bridgehead atoms. The van der Waals surface area contributed by atoms with Crippen molar-refractivity contribution in [3.8, 4) is 5.75 Å². The largest absolute Gasteiger partial charge is 0.497 e. The molecule has 3 aromatic rings. The molecule has 0 spiro atoms. The summed E-state index contributed by atoms with van der Waals surface area (Å²) in [5.41, 5.74) is 1.43. The van der Waals surface area contributed by atoms with Crippen LogP contribution in [-0.2, 0) is 11.2 Å². The first-order chi connectivity index (χ1) is 16.7. The lowest BCUT2D eigenvalue weighted by molar-refractivity contribution is -0.114. The van der Waals surface area contributed by atoms with Gasteiger partial charge in [0.25, 0.3) is 0 Å². The number of hydrogen-bond acceptors (Lipinski definition) is 8. The third-order valence-electron chi connectivity index (χ3n) is 5.93. The SMILES string of the molecule is CO.COc1ccc2ncc(F)c(CCCN3CCN(CCSc4cccs4)CC3C=O)c2c1. The summed E-state index contributed by atoms with van der Waals surface area (Å²) in [6, 6.07) is 9.66. The fraction of sp³-hybridized carbons (Fsp3) is 0.440. The zero-order valence-corrected chi connectivity index (χ0v) is 21.3. The van der Waals surface area contributed by atoms with Gasteiger partial charge in [0.15, 0.2) is 0 Å². The van der Waals surface area contributed by atoms with Crippen LogP contribution in [0.25, 0.3) is 10.9 Å². The van der Waals surface area contributed by atoms with Crippen LogP contribution in [-0.4, -0.2) is 84.9 Å². The highest BCUT2D eigenvalue weighted by atomic mass is 32.2. The van der Waals surface area contributed by atoms with Crippen LogP contribution in [0.3, 0.4) is 0 Å². The van der Waals surface area contributed by atoms with Gasteiger partial charge in [0, 0.05) is 44.4 Å². The quantitative estimate of drug-likeness (QED) is 0.330. The second-order valence-electron chi connectivity index (χ2n) is 7.89. The van der Waals surface area contributed by atoms with E-state index in [0.717, 1.165) is 69.2 Å². The maximum atomic E-state index is 14.6. The van der Waals surface area contributed by atoms with E-state index in [1.54, 1.807) is 18.4 Å². The Morgan fingerprint density at radius 1 is 1.29 bits per heavy atom. The minimum atomic E-state index is -0.286. The van der Waals surface area contributed by atoms with Gasteiger partial charge in [0.2, 0.25) is 0 Å². The van der Waals surface area contributed by atoms with Gasteiger partial charge in [-0.2, -0.15) is 0 Å². The summed E-state index contributed by atoms with van der Waals surface area (Å²) in [4.78, 5) is 20.6. The average Bonchev–Trinajstić information content (AvgIpc) is 3.40. The number of aliphatic hydroxyl groups is 1. The number of fused-ring (bicyclic) bond motifs is 1. The summed E-state index contributed by atoms with van der Waals surface area (Å²) in [5, 5.41) is 9.89. The molecule has 1 N–H and O–H groups in total. The lowest BCUT2D eigenvalue weighted by Crippen LogP contribution is -2.54. The molecule has 1 atom stereocenters. The molecule has 6 nitrogen and oxygen atoms in total. The molecule has 0 radical (unpaired) electrons. The molecule has 1 aromatic carbocycles. The zero-order chi connectivity index (χ0) is 24.3. The number of rotatable bonds is 10. The van der Waals surface area contributed by atoms with Crippen molar-refractivity contribution in [1.29, 1.82) is 0 Å². The van der Waals surface area contributed by atoms with Crippen LogP contribution in [0.2, 0.25) is 0 Å². The minimum Gasteiger partial charge on any atom is -0.497 e. The Balaban J connectivity index is 0.00000158. The molecule has 1 fully saturated rings. The third kappa shape index (κ3) is 6.99. The molecular weight excluding hydrogens is 473 g/mol. The van der Waals surface area contributed by atoms with E-state index < -0.39 is 0 Å². The molecule has 34 heavy (non-hydrogen) atoms. The van der Waals surface area contributed by atoms with E-state index >= 15 is 0 Å². The van der Waals surface area contributed by atoms with E-state index in [4.69, 9.17) is 9.84 Å². The number of benzene rings is 1. The Labute approximate surface area is 208 Å². The second-order valence-corrected chi connectivity index (χ2v) is 10.2. The maximum absolute atomic E-state index is 14.6. The number of nitrogens with zero attached hydrogens (tertiary/aromatic N) is 3. The first-order valence-corrected chi connectivity index (χ1v) is 13.2. The molecule has 0 amide bonds. The number of thioether (sulfide) groups is 1. The second kappa shape index (κ2) is 13.7. The Morgan fingerprint density at radius 2 is 2.15 bits per heavy atom. The van der Waals surface area contributed by atoms with Gasteiger partial charge in [-0.3, -0.25) is 14.8 Å². The van der Waals surface area contributed by atoms with Gasteiger partial charge in [0.05, 0.1) is 29.1 Å². The minimum absolute atomic E-state index is 0.102. The number of aldehydes is 1. The van der Waals surface area contributed by atoms with E-state index in [9.17, 15) is 9.18 Å². The first-order valence-electron chi connectivity index (χ1n) is 11.3. The number of aliphatic hydroxyl groups excluding tert-OH is 1. The number of carbonyl (C=O) groups is 1. The van der Waals surface area contributed by atoms with E-state index in [1.165, 1.54) is 10.4 Å². The van der Waals surface area contributed by atoms with Crippen molar-refractivity contribution in [3.63, 3.8) is 0 Å². The number of hydrogen-bond donors (Lipinski definition) is 1. The fourth-order valence-corrected chi connectivity index (χ4v) is 6.04. The van der Waals surface area contributed by atoms with Crippen LogP contribution in [0.5, 0.6) is 5.75 Å². The van der Waals surface area contributed by atoms with Crippen LogP contribution >= 0.6 is 23.1 Å². The van der Waals surface area contributed by atoms with Crippen molar-refractivity contribution < 1.29 is 19.0 Å². The number of pyridine rings is 1. The summed E-state index contributed by atoms with van der Waals surface area (Å²) in [7, 11) is 2.60. The van der Waals surface area contributed by atoms with Crippen LogP contribution in [0.1, 0.15) is 12.0 Å². The molecule has 1 aliphatic rings. The highest BCUT2D eigenvalue weighted by Crippen LogP contribution is 2.26. The van der Waals surface area contributed by atoms with Crippen LogP contribution in [0, 0.1) is 5.82 Å². The number of ether oxygens (including phenoxy) is 1. The summed E-state index contributed by atoms with van der Waals surface area (Å²) >= 11 is 3.64. The van der Waals surface area contributed by atoms with Crippen molar-refractivity contribution >= 4 is 40.3 Å². The van der Waals surface area contributed by atoms with Gasteiger partial charge in [-0.1, -0.05) is 6.07 Å². The number of methoxy groups -OCH3 is 1. The number of aryl methyl sites for hydroxylation is 1. The van der Waals surface area contributed by atoms with Gasteiger partial charge in [-0.25, -0.2) is 4.39 Å². The topological polar surface area (TPSA) is 65.9 Å². The van der Waals surface area contributed by atoms with E-state index in [2.05, 4.69) is 32.3 Å². The molecule has 2 aromatic heterocycles. The highest BCUT2D eigenvalue weighted by Gasteiger charge is 2.26. The number of carbonyl (C=O) groups excluding carboxylic acids is 1. The predicted octanol–water partition coefficient (Wildman–Crippen LogP) is 3.96. The number of aromatic nitrogens is 1. The first kappa shape index (κ1) is 26.6. The van der Waals surface area contributed by atoms with Crippen molar-refractivity contribution in [2.45, 2.75) is 23.1 Å². The van der Waals surface area contributed by atoms with E-state index in [-0.39, 0.29) is 11.9 Å². The smallest absolute Gasteiger partial charge is 0.145 e. The average molecular weight is 506 g/mol. The summed E-state index contributed by atoms with van der Waals surface area (Å²) in [5.74, 6) is 1.44. The Kier molecular flexibility index (Phi) is 10.7. The maximum Gasteiger partial charge on any atom is 0.145 e. The predicted molar refractivity (Wildman–Crippen MR) is 138 cm³/mol. The van der Waals surface area contributed by atoms with Gasteiger partial charge in [-0.05, 0) is 54.6 Å². The van der Waals surface area contributed by atoms with E-state index in [0.29, 0.717) is 17.7 Å². The number of thiophene rings is 1. The third-order valence-corrected chi connectivity index (χ3v) is 8.04. The molecular formula is C25H32FN3O3S2. The molecule has 3 heterocycles. The summed E-state index contributed by atoms with van der Waals surface area (Å²) < 4.78 is 21.2. The standard InChI is InChI=1S/C24H28FN3O2S2.CH4O/c1-30-19-6-7-23-21(14-19)20(22(25)15-26-23)4-2-8-28-10-9-27(16-18(28)17-29)11-13-32-24-5-3-12-31-24;1-2/h3,5-7,12,14-15,17-18H,2,4,8-11,13,16H2,1H3;2H,1H3. The van der Waals surface area contributed by atoms with Gasteiger partial charge in [0.1, 0.15) is 17.9 Å². The number of piperazine rings is 1. The lowest BCUT2D eigenvalue weighted by Gasteiger charge is -2.39. The Hall–Kier alpha value is -2.04. The van der Waals surface area contributed by atoms with Crippen molar-refractivity contribution in [2.75, 3.05) is 52.7 Å². The van der Waals surface area contributed by atoms with Gasteiger partial charge in [-0.15, -0.1) is 23.1 Å². The summed E-state index contributed by atoms with van der Waals surface area (Å²) in [6.45, 7) is 4.34. The fourth-order valence-electron chi connectivity index (χ4n) is 4.18. The summed E-state index contributed by atoms with van der Waals surface area (Å²) in [6.07, 6.45) is 3.74. The van der Waals surface area contributed by atoms with Gasteiger partial charge >= 0.3 is 0 Å². The molecule has 184 valence electrons. The molecule has 9 heteroatoms. The molecule has 0 saturated carbocycles. The molecule has 1 aliphatic heterocycles.